The van der Waals surface area contributed by atoms with E-state index in [4.69, 9.17) is 5.26 Å². The van der Waals surface area contributed by atoms with Gasteiger partial charge >= 0.3 is 0 Å². The van der Waals surface area contributed by atoms with E-state index in [-0.39, 0.29) is 11.8 Å². The molecule has 2 rings (SSSR count). The Morgan fingerprint density at radius 1 is 1.33 bits per heavy atom. The smallest absolute Gasteiger partial charge is 0.227 e. The monoisotopic (exact) mass is 243 g/mol. The van der Waals surface area contributed by atoms with E-state index in [1.807, 2.05) is 0 Å². The number of rotatable bonds is 2. The van der Waals surface area contributed by atoms with Crippen LogP contribution in [0.2, 0.25) is 0 Å². The molecule has 0 aliphatic carbocycles. The molecule has 1 aromatic rings. The molecule has 4 heteroatoms. The lowest BCUT2D eigenvalue weighted by molar-refractivity contribution is -0.121. The molecule has 0 radical (unpaired) electrons. The van der Waals surface area contributed by atoms with Gasteiger partial charge in [0.25, 0.3) is 0 Å². The van der Waals surface area contributed by atoms with Crippen LogP contribution in [0.3, 0.4) is 0 Å². The summed E-state index contributed by atoms with van der Waals surface area (Å²) in [5.41, 5.74) is 1.37. The fourth-order valence-corrected chi connectivity index (χ4v) is 2.14. The maximum absolute atomic E-state index is 12.0. The molecule has 0 bridgehead atoms. The number of piperidine rings is 1. The molecular formula is C14H17N3O. The van der Waals surface area contributed by atoms with E-state index in [2.05, 4.69) is 23.3 Å². The lowest BCUT2D eigenvalue weighted by Gasteiger charge is -2.28. The molecule has 1 amide bonds. The quantitative estimate of drug-likeness (QED) is 0.862. The normalized spacial score (nSPS) is 17.1. The molecule has 0 spiro atoms. The van der Waals surface area contributed by atoms with E-state index in [1.54, 1.807) is 24.3 Å². The van der Waals surface area contributed by atoms with Gasteiger partial charge in [0.1, 0.15) is 0 Å². The molecule has 0 unspecified atom stereocenters. The fourth-order valence-electron chi connectivity index (χ4n) is 2.14. The van der Waals surface area contributed by atoms with Crippen LogP contribution in [0.25, 0.3) is 0 Å². The van der Waals surface area contributed by atoms with Gasteiger partial charge in [0, 0.05) is 11.6 Å². The number of nitrogens with one attached hydrogen (secondary N) is 1. The lowest BCUT2D eigenvalue weighted by atomic mass is 9.96. The first kappa shape index (κ1) is 12.6. The van der Waals surface area contributed by atoms with Gasteiger partial charge in [0.05, 0.1) is 11.6 Å². The third kappa shape index (κ3) is 3.08. The minimum Gasteiger partial charge on any atom is -0.326 e. The predicted octanol–water partition coefficient (Wildman–Crippen LogP) is 1.84. The molecule has 1 aliphatic heterocycles. The molecule has 0 aromatic heterocycles. The number of amides is 1. The first-order valence-electron chi connectivity index (χ1n) is 6.18. The number of benzene rings is 1. The molecule has 4 nitrogen and oxygen atoms in total. The third-order valence-corrected chi connectivity index (χ3v) is 3.37. The molecule has 1 saturated heterocycles. The summed E-state index contributed by atoms with van der Waals surface area (Å²) in [5.74, 6) is 0.199. The molecule has 0 atom stereocenters. The second-order valence-corrected chi connectivity index (χ2v) is 4.76. The molecular weight excluding hydrogens is 226 g/mol. The topological polar surface area (TPSA) is 56.1 Å². The Morgan fingerprint density at radius 3 is 2.50 bits per heavy atom. The van der Waals surface area contributed by atoms with Gasteiger partial charge in [0.15, 0.2) is 0 Å². The third-order valence-electron chi connectivity index (χ3n) is 3.37. The van der Waals surface area contributed by atoms with Crippen LogP contribution < -0.4 is 5.32 Å². The fraction of sp³-hybridized carbons (Fsp3) is 0.429. The summed E-state index contributed by atoms with van der Waals surface area (Å²) in [7, 11) is 2.08. The Morgan fingerprint density at radius 2 is 1.94 bits per heavy atom. The van der Waals surface area contributed by atoms with Crippen molar-refractivity contribution in [3.63, 3.8) is 0 Å². The Bertz CT molecular complexity index is 453. The Hall–Kier alpha value is -1.86. The molecule has 1 heterocycles. The van der Waals surface area contributed by atoms with Crippen molar-refractivity contribution in [3.05, 3.63) is 29.8 Å². The Kier molecular flexibility index (Phi) is 3.96. The van der Waals surface area contributed by atoms with Crippen molar-refractivity contribution in [1.82, 2.24) is 4.90 Å². The number of carbonyl (C=O) groups excluding carboxylic acids is 1. The summed E-state index contributed by atoms with van der Waals surface area (Å²) >= 11 is 0. The molecule has 1 aliphatic rings. The summed E-state index contributed by atoms with van der Waals surface area (Å²) in [4.78, 5) is 14.3. The average Bonchev–Trinajstić information content (AvgIpc) is 2.40. The van der Waals surface area contributed by atoms with Gasteiger partial charge in [-0.1, -0.05) is 0 Å². The van der Waals surface area contributed by atoms with Crippen molar-refractivity contribution in [3.8, 4) is 6.07 Å². The van der Waals surface area contributed by atoms with Crippen molar-refractivity contribution in [2.75, 3.05) is 25.5 Å². The highest BCUT2D eigenvalue weighted by molar-refractivity contribution is 5.92. The van der Waals surface area contributed by atoms with Crippen molar-refractivity contribution in [2.24, 2.45) is 5.92 Å². The summed E-state index contributed by atoms with van der Waals surface area (Å²) in [6.07, 6.45) is 1.83. The molecule has 94 valence electrons. The Balaban J connectivity index is 1.92. The standard InChI is InChI=1S/C14H17N3O/c1-17-8-6-12(7-9-17)14(18)16-13-4-2-11(10-15)3-5-13/h2-5,12H,6-9H2,1H3,(H,16,18). The number of carbonyl (C=O) groups is 1. The first-order valence-corrected chi connectivity index (χ1v) is 6.18. The number of likely N-dealkylation sites (tertiary alicyclic amines) is 1. The zero-order chi connectivity index (χ0) is 13.0. The molecule has 1 fully saturated rings. The van der Waals surface area contributed by atoms with E-state index in [0.717, 1.165) is 31.6 Å². The van der Waals surface area contributed by atoms with E-state index in [9.17, 15) is 4.79 Å². The van der Waals surface area contributed by atoms with Gasteiger partial charge in [-0.05, 0) is 57.2 Å². The highest BCUT2D eigenvalue weighted by atomic mass is 16.1. The molecule has 0 saturated carbocycles. The predicted molar refractivity (Wildman–Crippen MR) is 70.0 cm³/mol. The van der Waals surface area contributed by atoms with Crippen LogP contribution in [-0.4, -0.2) is 30.9 Å². The van der Waals surface area contributed by atoms with Gasteiger partial charge in [0.2, 0.25) is 5.91 Å². The number of anilines is 1. The van der Waals surface area contributed by atoms with Crippen LogP contribution in [0.1, 0.15) is 18.4 Å². The van der Waals surface area contributed by atoms with Crippen LogP contribution in [0.5, 0.6) is 0 Å². The molecule has 1 N–H and O–H groups in total. The van der Waals surface area contributed by atoms with Gasteiger partial charge in [-0.15, -0.1) is 0 Å². The summed E-state index contributed by atoms with van der Waals surface area (Å²) < 4.78 is 0. The van der Waals surface area contributed by atoms with Gasteiger partial charge in [-0.3, -0.25) is 4.79 Å². The maximum Gasteiger partial charge on any atom is 0.227 e. The SMILES string of the molecule is CN1CCC(C(=O)Nc2ccc(C#N)cc2)CC1. The van der Waals surface area contributed by atoms with Crippen LogP contribution in [0, 0.1) is 17.2 Å². The van der Waals surface area contributed by atoms with Crippen molar-refractivity contribution >= 4 is 11.6 Å². The maximum atomic E-state index is 12.0. The summed E-state index contributed by atoms with van der Waals surface area (Å²) in [6.45, 7) is 1.96. The van der Waals surface area contributed by atoms with Gasteiger partial charge < -0.3 is 10.2 Å². The second-order valence-electron chi connectivity index (χ2n) is 4.76. The summed E-state index contributed by atoms with van der Waals surface area (Å²) in [5, 5.41) is 11.6. The zero-order valence-corrected chi connectivity index (χ0v) is 10.5. The average molecular weight is 243 g/mol. The minimum absolute atomic E-state index is 0.0906. The van der Waals surface area contributed by atoms with E-state index < -0.39 is 0 Å². The number of nitrogens with zero attached hydrogens (tertiary/aromatic N) is 2. The number of hydrogen-bond acceptors (Lipinski definition) is 3. The lowest BCUT2D eigenvalue weighted by Crippen LogP contribution is -2.35. The van der Waals surface area contributed by atoms with Gasteiger partial charge in [-0.2, -0.15) is 5.26 Å². The first-order chi connectivity index (χ1) is 8.69. The number of hydrogen-bond donors (Lipinski definition) is 1. The molecule has 1 aromatic carbocycles. The second kappa shape index (κ2) is 5.65. The van der Waals surface area contributed by atoms with Crippen molar-refractivity contribution in [1.29, 1.82) is 5.26 Å². The summed E-state index contributed by atoms with van der Waals surface area (Å²) in [6, 6.07) is 9.02. The Labute approximate surface area is 107 Å². The largest absolute Gasteiger partial charge is 0.326 e. The zero-order valence-electron chi connectivity index (χ0n) is 10.5. The highest BCUT2D eigenvalue weighted by Gasteiger charge is 2.23. The van der Waals surface area contributed by atoms with Crippen molar-refractivity contribution < 1.29 is 4.79 Å². The van der Waals surface area contributed by atoms with Crippen LogP contribution in [-0.2, 0) is 4.79 Å². The van der Waals surface area contributed by atoms with Gasteiger partial charge in [-0.25, -0.2) is 0 Å². The van der Waals surface area contributed by atoms with Crippen molar-refractivity contribution in [2.45, 2.75) is 12.8 Å². The van der Waals surface area contributed by atoms with E-state index in [0.29, 0.717) is 5.56 Å². The highest BCUT2D eigenvalue weighted by Crippen LogP contribution is 2.18. The minimum atomic E-state index is 0.0906. The van der Waals surface area contributed by atoms with E-state index in [1.165, 1.54) is 0 Å². The molecule has 18 heavy (non-hydrogen) atoms. The van der Waals surface area contributed by atoms with E-state index >= 15 is 0 Å². The number of nitriles is 1. The van der Waals surface area contributed by atoms with Crippen LogP contribution in [0.15, 0.2) is 24.3 Å². The van der Waals surface area contributed by atoms with Crippen LogP contribution >= 0.6 is 0 Å². The van der Waals surface area contributed by atoms with Crippen LogP contribution in [0.4, 0.5) is 5.69 Å².